The van der Waals surface area contributed by atoms with Gasteiger partial charge in [-0.3, -0.25) is 0 Å². The van der Waals surface area contributed by atoms with Gasteiger partial charge in [0.15, 0.2) is 5.79 Å². The van der Waals surface area contributed by atoms with Crippen LogP contribution in [0, 0.1) is 0 Å². The Morgan fingerprint density at radius 1 is 1.36 bits per heavy atom. The predicted octanol–water partition coefficient (Wildman–Crippen LogP) is 1.82. The average molecular weight is 158 g/mol. The lowest BCUT2D eigenvalue weighted by atomic mass is 10.3. The zero-order valence-electron chi connectivity index (χ0n) is 7.59. The van der Waals surface area contributed by atoms with Crippen LogP contribution in [0.1, 0.15) is 40.0 Å². The first-order valence-electron chi connectivity index (χ1n) is 4.00. The maximum absolute atomic E-state index is 8.08. The second-order valence-electron chi connectivity index (χ2n) is 3.44. The van der Waals surface area contributed by atoms with E-state index in [1.54, 1.807) is 5.57 Å². The van der Waals surface area contributed by atoms with Crippen LogP contribution in [-0.4, -0.2) is 16.0 Å². The fourth-order valence-electron chi connectivity index (χ4n) is 0.831. The first-order valence-corrected chi connectivity index (χ1v) is 4.00. The van der Waals surface area contributed by atoms with E-state index in [1.807, 2.05) is 0 Å². The van der Waals surface area contributed by atoms with Crippen molar-refractivity contribution in [2.24, 2.45) is 0 Å². The van der Waals surface area contributed by atoms with Gasteiger partial charge in [0.05, 0.1) is 0 Å². The van der Waals surface area contributed by atoms with Gasteiger partial charge in [0.2, 0.25) is 0 Å². The minimum atomic E-state index is -1.50. The number of hydrogen-bond donors (Lipinski definition) is 2. The van der Waals surface area contributed by atoms with Crippen LogP contribution in [0.15, 0.2) is 11.6 Å². The molecule has 2 N–H and O–H groups in total. The number of hydrogen-bond acceptors (Lipinski definition) is 2. The molecule has 0 amide bonds. The van der Waals surface area contributed by atoms with Gasteiger partial charge in [0.25, 0.3) is 0 Å². The largest absolute Gasteiger partial charge is 0.366 e. The normalized spacial score (nSPS) is 17.0. The van der Waals surface area contributed by atoms with E-state index in [0.29, 0.717) is 0 Å². The van der Waals surface area contributed by atoms with Crippen LogP contribution in [0.3, 0.4) is 0 Å². The summed E-state index contributed by atoms with van der Waals surface area (Å²) in [5.41, 5.74) is 1.58. The Balaban J connectivity index is 0.000000187. The summed E-state index contributed by atoms with van der Waals surface area (Å²) in [6.45, 7) is 4.80. The Hall–Kier alpha value is -0.340. The van der Waals surface area contributed by atoms with Gasteiger partial charge < -0.3 is 10.2 Å². The molecule has 0 aromatic carbocycles. The highest BCUT2D eigenvalue weighted by Crippen LogP contribution is 2.15. The molecule has 0 unspecified atom stereocenters. The van der Waals surface area contributed by atoms with E-state index in [4.69, 9.17) is 10.2 Å². The summed E-state index contributed by atoms with van der Waals surface area (Å²) in [5, 5.41) is 16.2. The van der Waals surface area contributed by atoms with Crippen molar-refractivity contribution < 1.29 is 10.2 Å². The highest BCUT2D eigenvalue weighted by atomic mass is 16.5. The quantitative estimate of drug-likeness (QED) is 0.417. The number of aliphatic hydroxyl groups is 2. The molecule has 11 heavy (non-hydrogen) atoms. The highest BCUT2D eigenvalue weighted by Gasteiger charge is 2.00. The van der Waals surface area contributed by atoms with Gasteiger partial charge in [-0.25, -0.2) is 0 Å². The van der Waals surface area contributed by atoms with E-state index in [2.05, 4.69) is 13.0 Å². The molecule has 0 saturated heterocycles. The minimum absolute atomic E-state index is 1.30. The van der Waals surface area contributed by atoms with Crippen molar-refractivity contribution in [2.75, 3.05) is 0 Å². The van der Waals surface area contributed by atoms with Gasteiger partial charge in [-0.15, -0.1) is 0 Å². The lowest BCUT2D eigenvalue weighted by molar-refractivity contribution is -0.127. The van der Waals surface area contributed by atoms with Crippen molar-refractivity contribution in [3.05, 3.63) is 11.6 Å². The SMILES string of the molecule is CC(C)(O)O.CC1=CCCC1. The highest BCUT2D eigenvalue weighted by molar-refractivity contribution is 5.02. The molecule has 66 valence electrons. The van der Waals surface area contributed by atoms with E-state index in [1.165, 1.54) is 33.1 Å². The predicted molar refractivity (Wildman–Crippen MR) is 46.1 cm³/mol. The zero-order valence-corrected chi connectivity index (χ0v) is 7.59. The van der Waals surface area contributed by atoms with Crippen molar-refractivity contribution >= 4 is 0 Å². The van der Waals surface area contributed by atoms with Crippen molar-refractivity contribution in [2.45, 2.75) is 45.8 Å². The minimum Gasteiger partial charge on any atom is -0.366 e. The third-order valence-corrected chi connectivity index (χ3v) is 1.27. The molecule has 2 nitrogen and oxygen atoms in total. The van der Waals surface area contributed by atoms with Gasteiger partial charge >= 0.3 is 0 Å². The van der Waals surface area contributed by atoms with Crippen LogP contribution in [0.2, 0.25) is 0 Å². The summed E-state index contributed by atoms with van der Waals surface area (Å²) < 4.78 is 0. The molecule has 0 spiro atoms. The summed E-state index contributed by atoms with van der Waals surface area (Å²) in [4.78, 5) is 0. The fourth-order valence-corrected chi connectivity index (χ4v) is 0.831. The molecule has 0 aliphatic heterocycles. The Morgan fingerprint density at radius 3 is 1.91 bits per heavy atom. The van der Waals surface area contributed by atoms with Crippen LogP contribution in [0.4, 0.5) is 0 Å². The van der Waals surface area contributed by atoms with Crippen LogP contribution in [-0.2, 0) is 0 Å². The summed E-state index contributed by atoms with van der Waals surface area (Å²) >= 11 is 0. The first-order chi connectivity index (χ1) is 4.89. The van der Waals surface area contributed by atoms with E-state index >= 15 is 0 Å². The molecule has 0 bridgehead atoms. The molecule has 0 aromatic heterocycles. The van der Waals surface area contributed by atoms with Crippen molar-refractivity contribution in [3.8, 4) is 0 Å². The van der Waals surface area contributed by atoms with Gasteiger partial charge in [-0.2, -0.15) is 0 Å². The van der Waals surface area contributed by atoms with Gasteiger partial charge in [-0.1, -0.05) is 11.6 Å². The standard InChI is InChI=1S/C6H10.C3H8O2/c1-6-4-2-3-5-6;1-3(2,4)5/h4H,2-3,5H2,1H3;4-5H,1-2H3. The monoisotopic (exact) mass is 158 g/mol. The van der Waals surface area contributed by atoms with Crippen LogP contribution in [0.5, 0.6) is 0 Å². The topological polar surface area (TPSA) is 40.5 Å². The maximum atomic E-state index is 8.08. The maximum Gasteiger partial charge on any atom is 0.156 e. The molecular formula is C9H18O2. The third-order valence-electron chi connectivity index (χ3n) is 1.27. The van der Waals surface area contributed by atoms with Crippen LogP contribution < -0.4 is 0 Å². The molecule has 0 radical (unpaired) electrons. The Kier molecular flexibility index (Phi) is 4.38. The zero-order chi connectivity index (χ0) is 8.91. The number of allylic oxidation sites excluding steroid dienone is 2. The van der Waals surface area contributed by atoms with E-state index < -0.39 is 5.79 Å². The Morgan fingerprint density at radius 2 is 1.82 bits per heavy atom. The molecule has 1 aliphatic carbocycles. The summed E-state index contributed by atoms with van der Waals surface area (Å²) in [5.74, 6) is -1.50. The second kappa shape index (κ2) is 4.52. The smallest absolute Gasteiger partial charge is 0.156 e. The Bertz CT molecular complexity index is 125. The van der Waals surface area contributed by atoms with Crippen LogP contribution >= 0.6 is 0 Å². The van der Waals surface area contributed by atoms with Crippen molar-refractivity contribution in [1.29, 1.82) is 0 Å². The summed E-state index contributed by atoms with van der Waals surface area (Å²) in [7, 11) is 0. The van der Waals surface area contributed by atoms with Gasteiger partial charge in [0, 0.05) is 0 Å². The molecule has 0 fully saturated rings. The molecule has 2 heteroatoms. The van der Waals surface area contributed by atoms with Crippen molar-refractivity contribution in [3.63, 3.8) is 0 Å². The van der Waals surface area contributed by atoms with E-state index in [-0.39, 0.29) is 0 Å². The molecular weight excluding hydrogens is 140 g/mol. The molecule has 0 atom stereocenters. The van der Waals surface area contributed by atoms with Gasteiger partial charge in [-0.05, 0) is 40.0 Å². The van der Waals surface area contributed by atoms with E-state index in [0.717, 1.165) is 0 Å². The molecule has 0 heterocycles. The molecule has 1 rings (SSSR count). The fraction of sp³-hybridized carbons (Fsp3) is 0.778. The van der Waals surface area contributed by atoms with Crippen molar-refractivity contribution in [1.82, 2.24) is 0 Å². The molecule has 1 aliphatic rings. The lowest BCUT2D eigenvalue weighted by Crippen LogP contribution is -2.15. The summed E-state index contributed by atoms with van der Waals surface area (Å²) in [6.07, 6.45) is 6.39. The van der Waals surface area contributed by atoms with Crippen LogP contribution in [0.25, 0.3) is 0 Å². The number of rotatable bonds is 0. The molecule has 0 saturated carbocycles. The van der Waals surface area contributed by atoms with Gasteiger partial charge in [0.1, 0.15) is 0 Å². The first kappa shape index (κ1) is 10.7. The average Bonchev–Trinajstić information content (AvgIpc) is 2.12. The van der Waals surface area contributed by atoms with E-state index in [9.17, 15) is 0 Å². The summed E-state index contributed by atoms with van der Waals surface area (Å²) in [6, 6.07) is 0. The third kappa shape index (κ3) is 12.8. The Labute approximate surface area is 68.6 Å². The lowest BCUT2D eigenvalue weighted by Gasteiger charge is -2.03. The molecule has 0 aromatic rings. The second-order valence-corrected chi connectivity index (χ2v) is 3.44.